The fourth-order valence-electron chi connectivity index (χ4n) is 3.45. The predicted octanol–water partition coefficient (Wildman–Crippen LogP) is 1.49. The molecule has 4 rings (SSSR count). The Morgan fingerprint density at radius 1 is 1.14 bits per heavy atom. The molecular formula is C19H20FN7O. The van der Waals surface area contributed by atoms with Crippen molar-refractivity contribution in [2.24, 2.45) is 7.05 Å². The Hall–Kier alpha value is -3.36. The zero-order valence-electron chi connectivity index (χ0n) is 15.7. The number of aromatic nitrogens is 5. The van der Waals surface area contributed by atoms with Gasteiger partial charge >= 0.3 is 0 Å². The monoisotopic (exact) mass is 381 g/mol. The van der Waals surface area contributed by atoms with E-state index >= 15 is 0 Å². The van der Waals surface area contributed by atoms with Gasteiger partial charge in [-0.05, 0) is 13.0 Å². The van der Waals surface area contributed by atoms with E-state index in [0.29, 0.717) is 18.2 Å². The third-order valence-electron chi connectivity index (χ3n) is 4.96. The fraction of sp³-hybridized carbons (Fsp3) is 0.316. The molecule has 0 saturated carbocycles. The lowest BCUT2D eigenvalue weighted by Gasteiger charge is -2.41. The smallest absolute Gasteiger partial charge is 0.255 e. The Kier molecular flexibility index (Phi) is 4.72. The first-order chi connectivity index (χ1) is 13.5. The minimum Gasteiger partial charge on any atom is -0.365 e. The minimum absolute atomic E-state index is 0.0876. The van der Waals surface area contributed by atoms with E-state index in [4.69, 9.17) is 0 Å². The van der Waals surface area contributed by atoms with Crippen molar-refractivity contribution in [2.45, 2.75) is 13.0 Å². The Morgan fingerprint density at radius 3 is 2.64 bits per heavy atom. The van der Waals surface area contributed by atoms with E-state index in [0.717, 1.165) is 25.0 Å². The summed E-state index contributed by atoms with van der Waals surface area (Å²) in [7, 11) is 1.68. The molecule has 3 aromatic rings. The van der Waals surface area contributed by atoms with Gasteiger partial charge in [-0.25, -0.2) is 19.3 Å². The van der Waals surface area contributed by atoms with Gasteiger partial charge < -0.3 is 9.80 Å². The van der Waals surface area contributed by atoms with Crippen molar-refractivity contribution >= 4 is 11.6 Å². The zero-order chi connectivity index (χ0) is 19.7. The predicted molar refractivity (Wildman–Crippen MR) is 104 cm³/mol. The van der Waals surface area contributed by atoms with Crippen molar-refractivity contribution in [3.8, 4) is 11.3 Å². The summed E-state index contributed by atoms with van der Waals surface area (Å²) in [6.45, 7) is 4.21. The second kappa shape index (κ2) is 7.34. The molecule has 1 unspecified atom stereocenters. The van der Waals surface area contributed by atoms with Crippen LogP contribution in [0.25, 0.3) is 11.3 Å². The average Bonchev–Trinajstić information content (AvgIpc) is 2.71. The molecule has 1 aliphatic rings. The topological polar surface area (TPSA) is 80.0 Å². The lowest BCUT2D eigenvalue weighted by molar-refractivity contribution is 0.529. The normalized spacial score (nSPS) is 17.0. The maximum Gasteiger partial charge on any atom is 0.255 e. The molecule has 0 amide bonds. The SMILES string of the molecule is CC1CN(c2cncnc2)CCN1c1nc(-c2ccncc2F)cc(=O)n1C. The second-order valence-corrected chi connectivity index (χ2v) is 6.78. The molecule has 28 heavy (non-hydrogen) atoms. The molecule has 8 nitrogen and oxygen atoms in total. The van der Waals surface area contributed by atoms with Gasteiger partial charge in [0.25, 0.3) is 5.56 Å². The van der Waals surface area contributed by atoms with Gasteiger partial charge in [0.2, 0.25) is 5.95 Å². The Bertz CT molecular complexity index is 1040. The molecule has 3 aromatic heterocycles. The summed E-state index contributed by atoms with van der Waals surface area (Å²) in [5.41, 5.74) is 1.30. The van der Waals surface area contributed by atoms with Crippen LogP contribution < -0.4 is 15.4 Å². The third-order valence-corrected chi connectivity index (χ3v) is 4.96. The van der Waals surface area contributed by atoms with Crippen molar-refractivity contribution in [3.63, 3.8) is 0 Å². The van der Waals surface area contributed by atoms with E-state index in [-0.39, 0.29) is 17.2 Å². The molecule has 9 heteroatoms. The summed E-state index contributed by atoms with van der Waals surface area (Å²) in [5, 5.41) is 0. The zero-order valence-corrected chi connectivity index (χ0v) is 15.7. The Morgan fingerprint density at radius 2 is 1.93 bits per heavy atom. The standard InChI is InChI=1S/C19H20FN7O/c1-13-11-26(14-8-22-12-23-9-14)5-6-27(13)19-24-17(7-18(28)25(19)2)15-3-4-21-10-16(15)20/h3-4,7-10,12-13H,5-6,11H2,1-2H3. The number of anilines is 2. The van der Waals surface area contributed by atoms with Crippen LogP contribution in [-0.2, 0) is 7.05 Å². The van der Waals surface area contributed by atoms with Gasteiger partial charge in [-0.2, -0.15) is 0 Å². The number of hydrogen-bond donors (Lipinski definition) is 0. The van der Waals surface area contributed by atoms with Crippen LogP contribution >= 0.6 is 0 Å². The van der Waals surface area contributed by atoms with Crippen LogP contribution in [0.5, 0.6) is 0 Å². The quantitative estimate of drug-likeness (QED) is 0.680. The van der Waals surface area contributed by atoms with Crippen LogP contribution in [0.1, 0.15) is 6.92 Å². The molecule has 0 bridgehead atoms. The second-order valence-electron chi connectivity index (χ2n) is 6.78. The molecule has 1 fully saturated rings. The lowest BCUT2D eigenvalue weighted by Crippen LogP contribution is -2.53. The van der Waals surface area contributed by atoms with Gasteiger partial charge in [-0.3, -0.25) is 14.3 Å². The minimum atomic E-state index is -0.504. The first-order valence-corrected chi connectivity index (χ1v) is 8.99. The van der Waals surface area contributed by atoms with E-state index in [1.54, 1.807) is 19.4 Å². The summed E-state index contributed by atoms with van der Waals surface area (Å²) < 4.78 is 15.7. The first kappa shape index (κ1) is 18.0. The van der Waals surface area contributed by atoms with Crippen LogP contribution in [0, 0.1) is 5.82 Å². The number of piperazine rings is 1. The van der Waals surface area contributed by atoms with Gasteiger partial charge in [-0.15, -0.1) is 0 Å². The van der Waals surface area contributed by atoms with Crippen LogP contribution in [-0.4, -0.2) is 50.2 Å². The summed E-state index contributed by atoms with van der Waals surface area (Å²) in [6.07, 6.45) is 7.69. The third kappa shape index (κ3) is 3.30. The molecule has 4 heterocycles. The number of nitrogens with zero attached hydrogens (tertiary/aromatic N) is 7. The van der Waals surface area contributed by atoms with E-state index in [1.165, 1.54) is 29.2 Å². The molecule has 0 spiro atoms. The summed E-state index contributed by atoms with van der Waals surface area (Å²) in [4.78, 5) is 33.3. The van der Waals surface area contributed by atoms with E-state index in [2.05, 4.69) is 36.7 Å². The molecule has 0 aromatic carbocycles. The average molecular weight is 381 g/mol. The molecule has 1 atom stereocenters. The highest BCUT2D eigenvalue weighted by Gasteiger charge is 2.27. The van der Waals surface area contributed by atoms with Crippen LogP contribution in [0.2, 0.25) is 0 Å². The number of halogens is 1. The van der Waals surface area contributed by atoms with E-state index in [1.807, 2.05) is 0 Å². The Labute approximate surface area is 161 Å². The van der Waals surface area contributed by atoms with E-state index < -0.39 is 5.82 Å². The fourth-order valence-corrected chi connectivity index (χ4v) is 3.45. The number of pyridine rings is 1. The van der Waals surface area contributed by atoms with Crippen molar-refractivity contribution < 1.29 is 4.39 Å². The molecule has 0 aliphatic carbocycles. The molecule has 0 radical (unpaired) electrons. The van der Waals surface area contributed by atoms with E-state index in [9.17, 15) is 9.18 Å². The highest BCUT2D eigenvalue weighted by atomic mass is 19.1. The molecule has 1 saturated heterocycles. The van der Waals surface area contributed by atoms with Crippen molar-refractivity contribution in [2.75, 3.05) is 29.4 Å². The Balaban J connectivity index is 1.66. The molecule has 1 aliphatic heterocycles. The van der Waals surface area contributed by atoms with Gasteiger partial charge in [0, 0.05) is 50.6 Å². The van der Waals surface area contributed by atoms with Gasteiger partial charge in [0.15, 0.2) is 5.82 Å². The molecular weight excluding hydrogens is 361 g/mol. The number of hydrogen-bond acceptors (Lipinski definition) is 7. The van der Waals surface area contributed by atoms with Crippen molar-refractivity contribution in [1.29, 1.82) is 0 Å². The highest BCUT2D eigenvalue weighted by Crippen LogP contribution is 2.24. The maximum atomic E-state index is 14.2. The van der Waals surface area contributed by atoms with Crippen LogP contribution in [0.3, 0.4) is 0 Å². The van der Waals surface area contributed by atoms with Crippen molar-refractivity contribution in [1.82, 2.24) is 24.5 Å². The van der Waals surface area contributed by atoms with Crippen LogP contribution in [0.15, 0.2) is 48.0 Å². The van der Waals surface area contributed by atoms with Gasteiger partial charge in [0.05, 0.1) is 30.0 Å². The van der Waals surface area contributed by atoms with Crippen molar-refractivity contribution in [3.05, 3.63) is 59.4 Å². The van der Waals surface area contributed by atoms with Crippen LogP contribution in [0.4, 0.5) is 16.0 Å². The number of rotatable bonds is 3. The lowest BCUT2D eigenvalue weighted by atomic mass is 10.1. The molecule has 144 valence electrons. The van der Waals surface area contributed by atoms with Gasteiger partial charge in [-0.1, -0.05) is 0 Å². The summed E-state index contributed by atoms with van der Waals surface area (Å²) in [6, 6.07) is 2.96. The maximum absolute atomic E-state index is 14.2. The highest BCUT2D eigenvalue weighted by molar-refractivity contribution is 5.60. The first-order valence-electron chi connectivity index (χ1n) is 8.99. The largest absolute Gasteiger partial charge is 0.365 e. The summed E-state index contributed by atoms with van der Waals surface area (Å²) >= 11 is 0. The molecule has 0 N–H and O–H groups in total. The summed E-state index contributed by atoms with van der Waals surface area (Å²) in [5.74, 6) is 0.0197. The van der Waals surface area contributed by atoms with Gasteiger partial charge in [0.1, 0.15) is 6.33 Å².